The number of nitrogens with zero attached hydrogens (tertiary/aromatic N) is 3. The summed E-state index contributed by atoms with van der Waals surface area (Å²) < 4.78 is 0. The van der Waals surface area contributed by atoms with Crippen LogP contribution >= 0.6 is 11.8 Å². The standard InChI is InChI=1S/C14H15N4S/c1-19-14-15-17(12-8-4-2-5-9-12)18(16-14)13-10-6-3-7-11-13/h2-11,14-15H,1H3/q+1/t14-/m0/s1. The molecule has 4 nitrogen and oxygen atoms in total. The molecule has 1 aliphatic rings. The van der Waals surface area contributed by atoms with Crippen molar-refractivity contribution in [1.82, 2.24) is 5.43 Å². The second-order valence-electron chi connectivity index (χ2n) is 4.10. The van der Waals surface area contributed by atoms with Crippen LogP contribution in [0.2, 0.25) is 0 Å². The highest BCUT2D eigenvalue weighted by molar-refractivity contribution is 7.99. The van der Waals surface area contributed by atoms with Gasteiger partial charge in [-0.2, -0.15) is 0 Å². The molecule has 0 bridgehead atoms. The molecule has 0 aromatic heterocycles. The van der Waals surface area contributed by atoms with Crippen LogP contribution in [0.25, 0.3) is 0 Å². The summed E-state index contributed by atoms with van der Waals surface area (Å²) in [5.74, 6) is 0. The molecule has 0 spiro atoms. The van der Waals surface area contributed by atoms with Gasteiger partial charge in [0, 0.05) is 17.2 Å². The Balaban J connectivity index is 1.99. The largest absolute Gasteiger partial charge is 0.267 e. The molecule has 0 aliphatic carbocycles. The summed E-state index contributed by atoms with van der Waals surface area (Å²) in [5.41, 5.74) is 5.49. The van der Waals surface area contributed by atoms with Crippen LogP contribution in [0.15, 0.2) is 65.8 Å². The summed E-state index contributed by atoms with van der Waals surface area (Å²) in [4.78, 5) is 1.90. The van der Waals surface area contributed by atoms with E-state index in [0.717, 1.165) is 11.4 Å². The van der Waals surface area contributed by atoms with E-state index in [9.17, 15) is 0 Å². The molecule has 3 rings (SSSR count). The van der Waals surface area contributed by atoms with Crippen LogP contribution in [-0.2, 0) is 0 Å². The maximum atomic E-state index is 4.65. The van der Waals surface area contributed by atoms with Gasteiger partial charge in [-0.15, -0.1) is 17.2 Å². The molecular weight excluding hydrogens is 256 g/mol. The van der Waals surface area contributed by atoms with Gasteiger partial charge >= 0.3 is 0 Å². The average molecular weight is 271 g/mol. The first-order chi connectivity index (χ1) is 9.38. The Bertz CT molecular complexity index is 571. The van der Waals surface area contributed by atoms with E-state index < -0.39 is 0 Å². The number of nitrogens with one attached hydrogen (secondary N) is 1. The summed E-state index contributed by atoms with van der Waals surface area (Å²) in [5, 5.41) is 6.61. The molecule has 0 fully saturated rings. The van der Waals surface area contributed by atoms with Crippen LogP contribution < -0.4 is 10.5 Å². The lowest BCUT2D eigenvalue weighted by atomic mass is 10.3. The molecule has 0 radical (unpaired) electrons. The van der Waals surface area contributed by atoms with Crippen LogP contribution in [0.1, 0.15) is 0 Å². The van der Waals surface area contributed by atoms with Gasteiger partial charge < -0.3 is 0 Å². The van der Waals surface area contributed by atoms with Crippen molar-refractivity contribution in [2.75, 3.05) is 11.4 Å². The minimum atomic E-state index is 0.0282. The van der Waals surface area contributed by atoms with E-state index in [-0.39, 0.29) is 5.50 Å². The summed E-state index contributed by atoms with van der Waals surface area (Å²) in [6.07, 6.45) is 2.04. The number of azo groups is 1. The monoisotopic (exact) mass is 271 g/mol. The van der Waals surface area contributed by atoms with E-state index in [1.807, 2.05) is 64.7 Å². The fourth-order valence-electron chi connectivity index (χ4n) is 1.93. The maximum Gasteiger partial charge on any atom is 0.267 e. The van der Waals surface area contributed by atoms with Crippen LogP contribution in [0, 0.1) is 0 Å². The molecule has 0 saturated heterocycles. The second-order valence-corrected chi connectivity index (χ2v) is 5.02. The lowest BCUT2D eigenvalue weighted by Gasteiger charge is -2.12. The molecule has 1 aliphatic heterocycles. The van der Waals surface area contributed by atoms with Gasteiger partial charge in [-0.1, -0.05) is 36.4 Å². The number of hydrogen-bond acceptors (Lipinski definition) is 4. The quantitative estimate of drug-likeness (QED) is 0.868. The minimum Gasteiger partial charge on any atom is -0.137 e. The van der Waals surface area contributed by atoms with Crippen molar-refractivity contribution >= 4 is 23.1 Å². The van der Waals surface area contributed by atoms with Gasteiger partial charge in [0.15, 0.2) is 0 Å². The number of thioether (sulfide) groups is 1. The third-order valence-corrected chi connectivity index (χ3v) is 3.49. The van der Waals surface area contributed by atoms with Gasteiger partial charge in [-0.25, -0.2) is 0 Å². The number of para-hydroxylation sites is 2. The average Bonchev–Trinajstić information content (AvgIpc) is 2.93. The van der Waals surface area contributed by atoms with E-state index in [1.165, 1.54) is 0 Å². The molecule has 19 heavy (non-hydrogen) atoms. The first kappa shape index (κ1) is 12.2. The molecule has 2 aromatic carbocycles. The Labute approximate surface area is 116 Å². The van der Waals surface area contributed by atoms with Crippen LogP contribution in [0.4, 0.5) is 11.4 Å². The van der Waals surface area contributed by atoms with Gasteiger partial charge in [0.1, 0.15) is 5.69 Å². The maximum absolute atomic E-state index is 4.65. The Morgan fingerprint density at radius 3 is 2.32 bits per heavy atom. The Morgan fingerprint density at radius 2 is 1.68 bits per heavy atom. The molecule has 0 saturated carbocycles. The van der Waals surface area contributed by atoms with Crippen molar-refractivity contribution in [3.63, 3.8) is 0 Å². The molecular formula is C14H15N4S+. The fraction of sp³-hybridized carbons (Fsp3) is 0.143. The topological polar surface area (TPSA) is 30.6 Å². The molecule has 1 atom stereocenters. The van der Waals surface area contributed by atoms with E-state index >= 15 is 0 Å². The molecule has 96 valence electrons. The van der Waals surface area contributed by atoms with Gasteiger partial charge in [-0.05, 0) is 23.5 Å². The number of anilines is 1. The van der Waals surface area contributed by atoms with E-state index in [1.54, 1.807) is 11.8 Å². The lowest BCUT2D eigenvalue weighted by molar-refractivity contribution is -0.517. The normalized spacial score (nSPS) is 18.5. The highest BCUT2D eigenvalue weighted by Gasteiger charge is 2.34. The number of benzene rings is 2. The fourth-order valence-corrected chi connectivity index (χ4v) is 2.32. The third-order valence-electron chi connectivity index (χ3n) is 2.85. The summed E-state index contributed by atoms with van der Waals surface area (Å²) in [7, 11) is 0. The van der Waals surface area contributed by atoms with Crippen LogP contribution in [0.5, 0.6) is 0 Å². The molecule has 1 N–H and O–H groups in total. The van der Waals surface area contributed by atoms with Gasteiger partial charge in [-0.3, -0.25) is 0 Å². The van der Waals surface area contributed by atoms with E-state index in [2.05, 4.69) is 22.7 Å². The van der Waals surface area contributed by atoms with Gasteiger partial charge in [0.25, 0.3) is 5.69 Å². The van der Waals surface area contributed by atoms with Crippen LogP contribution in [0.3, 0.4) is 0 Å². The predicted octanol–water partition coefficient (Wildman–Crippen LogP) is 3.37. The number of hydrazine groups is 2. The van der Waals surface area contributed by atoms with Gasteiger partial charge in [0.2, 0.25) is 5.50 Å². The van der Waals surface area contributed by atoms with Crippen molar-refractivity contribution in [2.45, 2.75) is 5.50 Å². The van der Waals surface area contributed by atoms with Crippen molar-refractivity contribution in [3.05, 3.63) is 60.7 Å². The Hall–Kier alpha value is -1.85. The molecule has 1 heterocycles. The van der Waals surface area contributed by atoms with Crippen molar-refractivity contribution < 1.29 is 4.81 Å². The first-order valence-corrected chi connectivity index (χ1v) is 7.37. The SMILES string of the molecule is CS[C@@H]1N=[N+](c2ccccc2)N(c2ccccc2)N1. The van der Waals surface area contributed by atoms with Crippen LogP contribution in [-0.4, -0.2) is 16.6 Å². The molecule has 0 amide bonds. The van der Waals surface area contributed by atoms with E-state index in [4.69, 9.17) is 0 Å². The molecule has 2 aromatic rings. The van der Waals surface area contributed by atoms with Crippen molar-refractivity contribution in [3.8, 4) is 0 Å². The van der Waals surface area contributed by atoms with E-state index in [0.29, 0.717) is 0 Å². The minimum absolute atomic E-state index is 0.0282. The summed E-state index contributed by atoms with van der Waals surface area (Å²) >= 11 is 1.67. The Morgan fingerprint density at radius 1 is 1.05 bits per heavy atom. The molecule has 5 heteroatoms. The number of hydrogen-bond donors (Lipinski definition) is 1. The summed E-state index contributed by atoms with van der Waals surface area (Å²) in [6.45, 7) is 0. The zero-order chi connectivity index (χ0) is 13.1. The highest BCUT2D eigenvalue weighted by atomic mass is 32.2. The molecule has 0 unspecified atom stereocenters. The Kier molecular flexibility index (Phi) is 3.48. The van der Waals surface area contributed by atoms with Gasteiger partial charge in [0.05, 0.1) is 4.81 Å². The smallest absolute Gasteiger partial charge is 0.137 e. The zero-order valence-electron chi connectivity index (χ0n) is 10.6. The van der Waals surface area contributed by atoms with Crippen molar-refractivity contribution in [1.29, 1.82) is 0 Å². The first-order valence-electron chi connectivity index (χ1n) is 6.08. The zero-order valence-corrected chi connectivity index (χ0v) is 11.4. The second kappa shape index (κ2) is 5.42. The lowest BCUT2D eigenvalue weighted by Crippen LogP contribution is -2.39. The highest BCUT2D eigenvalue weighted by Crippen LogP contribution is 2.25. The van der Waals surface area contributed by atoms with Crippen molar-refractivity contribution in [2.24, 2.45) is 5.11 Å². The predicted molar refractivity (Wildman–Crippen MR) is 78.2 cm³/mol. The summed E-state index contributed by atoms with van der Waals surface area (Å²) in [6, 6.07) is 20.3. The third kappa shape index (κ3) is 2.47. The number of rotatable bonds is 3.